The lowest BCUT2D eigenvalue weighted by Crippen LogP contribution is -2.25. The summed E-state index contributed by atoms with van der Waals surface area (Å²) in [6, 6.07) is 6.01. The van der Waals surface area contributed by atoms with Crippen molar-refractivity contribution in [1.82, 2.24) is 0 Å². The summed E-state index contributed by atoms with van der Waals surface area (Å²) in [5.74, 6) is -2.46. The number of sulfone groups is 1. The molecular formula is C14H19F2NO2S. The lowest BCUT2D eigenvalue weighted by Gasteiger charge is -2.22. The molecule has 1 fully saturated rings. The van der Waals surface area contributed by atoms with Gasteiger partial charge < -0.3 is 5.32 Å². The molecule has 2 rings (SSSR count). The minimum Gasteiger partial charge on any atom is -0.381 e. The van der Waals surface area contributed by atoms with E-state index in [2.05, 4.69) is 19.2 Å². The van der Waals surface area contributed by atoms with Gasteiger partial charge in [-0.15, -0.1) is 0 Å². The number of anilines is 1. The first kappa shape index (κ1) is 15.2. The van der Waals surface area contributed by atoms with E-state index in [1.807, 2.05) is 0 Å². The first-order valence-corrected chi connectivity index (χ1v) is 8.26. The molecule has 0 radical (unpaired) electrons. The van der Waals surface area contributed by atoms with Crippen LogP contribution in [0.1, 0.15) is 26.7 Å². The molecule has 20 heavy (non-hydrogen) atoms. The van der Waals surface area contributed by atoms with E-state index in [-0.39, 0.29) is 16.6 Å². The van der Waals surface area contributed by atoms with Crippen LogP contribution in [0.25, 0.3) is 0 Å². The fraction of sp³-hybridized carbons (Fsp3) is 0.571. The molecule has 0 spiro atoms. The smallest absolute Gasteiger partial charge is 0.341 e. The molecule has 0 bridgehead atoms. The second-order valence-corrected chi connectivity index (χ2v) is 7.35. The molecule has 1 aromatic carbocycles. The quantitative estimate of drug-likeness (QED) is 0.925. The fourth-order valence-corrected chi connectivity index (χ4v) is 3.59. The van der Waals surface area contributed by atoms with E-state index in [1.54, 1.807) is 12.1 Å². The van der Waals surface area contributed by atoms with Gasteiger partial charge in [-0.2, -0.15) is 8.78 Å². The van der Waals surface area contributed by atoms with Gasteiger partial charge >= 0.3 is 5.76 Å². The number of rotatable bonds is 4. The summed E-state index contributed by atoms with van der Waals surface area (Å²) < 4.78 is 48.8. The highest BCUT2D eigenvalue weighted by atomic mass is 32.2. The van der Waals surface area contributed by atoms with Crippen molar-refractivity contribution in [2.45, 2.75) is 43.4 Å². The lowest BCUT2D eigenvalue weighted by atomic mass is 9.97. The molecule has 6 heteroatoms. The third-order valence-electron chi connectivity index (χ3n) is 4.23. The summed E-state index contributed by atoms with van der Waals surface area (Å²) >= 11 is 0. The second kappa shape index (κ2) is 5.68. The van der Waals surface area contributed by atoms with Crippen LogP contribution in [0.2, 0.25) is 0 Å². The van der Waals surface area contributed by atoms with Crippen LogP contribution in [-0.2, 0) is 9.84 Å². The number of hydrogen-bond acceptors (Lipinski definition) is 3. The van der Waals surface area contributed by atoms with Crippen molar-refractivity contribution >= 4 is 15.5 Å². The van der Waals surface area contributed by atoms with Crippen LogP contribution in [-0.4, -0.2) is 20.2 Å². The zero-order chi connectivity index (χ0) is 14.9. The highest BCUT2D eigenvalue weighted by Gasteiger charge is 2.33. The van der Waals surface area contributed by atoms with Gasteiger partial charge in [0, 0.05) is 6.04 Å². The average Bonchev–Trinajstić information content (AvgIpc) is 2.71. The summed E-state index contributed by atoms with van der Waals surface area (Å²) in [5, 5.41) is 3.14. The zero-order valence-corrected chi connectivity index (χ0v) is 12.3. The van der Waals surface area contributed by atoms with Crippen molar-refractivity contribution in [2.24, 2.45) is 11.8 Å². The summed E-state index contributed by atoms with van der Waals surface area (Å²) in [5.41, 5.74) is 0.277. The molecule has 1 saturated carbocycles. The highest BCUT2D eigenvalue weighted by molar-refractivity contribution is 7.91. The molecular weight excluding hydrogens is 284 g/mol. The Morgan fingerprint density at radius 1 is 1.20 bits per heavy atom. The van der Waals surface area contributed by atoms with E-state index in [9.17, 15) is 17.2 Å². The summed E-state index contributed by atoms with van der Waals surface area (Å²) in [4.78, 5) is -0.318. The SMILES string of the molecule is CC1CCC(Nc2ccccc2S(=O)(=O)C(F)F)C1C. The van der Waals surface area contributed by atoms with Gasteiger partial charge in [0.2, 0.25) is 9.84 Å². The van der Waals surface area contributed by atoms with Gasteiger partial charge in [-0.1, -0.05) is 26.0 Å². The number of para-hydroxylation sites is 1. The van der Waals surface area contributed by atoms with Gasteiger partial charge in [0.05, 0.1) is 10.6 Å². The molecule has 0 aromatic heterocycles. The first-order valence-electron chi connectivity index (χ1n) is 6.71. The second-order valence-electron chi connectivity index (χ2n) is 5.47. The monoisotopic (exact) mass is 303 g/mol. The maximum Gasteiger partial charge on any atom is 0.341 e. The van der Waals surface area contributed by atoms with Crippen LogP contribution in [0.3, 0.4) is 0 Å². The molecule has 0 heterocycles. The predicted octanol–water partition coefficient (Wildman–Crippen LogP) is 3.53. The predicted molar refractivity (Wildman–Crippen MR) is 74.6 cm³/mol. The maximum atomic E-state index is 12.7. The summed E-state index contributed by atoms with van der Waals surface area (Å²) in [6.45, 7) is 4.24. The minimum atomic E-state index is -4.58. The molecule has 1 aliphatic carbocycles. The lowest BCUT2D eigenvalue weighted by molar-refractivity contribution is 0.235. The standard InChI is InChI=1S/C14H19F2NO2S/c1-9-7-8-11(10(9)2)17-12-5-3-4-6-13(12)20(18,19)14(15)16/h3-6,9-11,14,17H,7-8H2,1-2H3. The number of alkyl halides is 2. The van der Waals surface area contributed by atoms with E-state index >= 15 is 0 Å². The van der Waals surface area contributed by atoms with Crippen LogP contribution < -0.4 is 5.32 Å². The molecule has 0 saturated heterocycles. The van der Waals surface area contributed by atoms with Crippen molar-refractivity contribution in [2.75, 3.05) is 5.32 Å². The van der Waals surface area contributed by atoms with E-state index in [0.29, 0.717) is 11.8 Å². The van der Waals surface area contributed by atoms with Crippen LogP contribution in [0.15, 0.2) is 29.2 Å². The van der Waals surface area contributed by atoms with Gasteiger partial charge in [0.25, 0.3) is 0 Å². The minimum absolute atomic E-state index is 0.124. The molecule has 3 atom stereocenters. The van der Waals surface area contributed by atoms with Gasteiger partial charge in [-0.25, -0.2) is 8.42 Å². The molecule has 1 N–H and O–H groups in total. The Balaban J connectivity index is 2.30. The maximum absolute atomic E-state index is 12.7. The fourth-order valence-electron chi connectivity index (χ4n) is 2.70. The third kappa shape index (κ3) is 2.80. The highest BCUT2D eigenvalue weighted by Crippen LogP contribution is 2.35. The van der Waals surface area contributed by atoms with Gasteiger partial charge in [0.15, 0.2) is 0 Å². The van der Waals surface area contributed by atoms with Crippen molar-refractivity contribution in [3.63, 3.8) is 0 Å². The molecule has 1 aromatic rings. The van der Waals surface area contributed by atoms with Crippen molar-refractivity contribution in [3.8, 4) is 0 Å². The molecule has 1 aliphatic rings. The number of nitrogens with one attached hydrogen (secondary N) is 1. The normalized spacial score (nSPS) is 26.9. The van der Waals surface area contributed by atoms with Crippen LogP contribution >= 0.6 is 0 Å². The summed E-state index contributed by atoms with van der Waals surface area (Å²) in [6.07, 6.45) is 1.98. The van der Waals surface area contributed by atoms with E-state index in [4.69, 9.17) is 0 Å². The number of benzene rings is 1. The van der Waals surface area contributed by atoms with Crippen molar-refractivity contribution in [3.05, 3.63) is 24.3 Å². The topological polar surface area (TPSA) is 46.2 Å². The van der Waals surface area contributed by atoms with Gasteiger partial charge in [-0.3, -0.25) is 0 Å². The summed E-state index contributed by atoms with van der Waals surface area (Å²) in [7, 11) is -4.58. The molecule has 3 nitrogen and oxygen atoms in total. The van der Waals surface area contributed by atoms with Crippen molar-refractivity contribution < 1.29 is 17.2 Å². The van der Waals surface area contributed by atoms with Crippen LogP contribution in [0.4, 0.5) is 14.5 Å². The van der Waals surface area contributed by atoms with Gasteiger partial charge in [0.1, 0.15) is 0 Å². The van der Waals surface area contributed by atoms with Crippen LogP contribution in [0.5, 0.6) is 0 Å². The van der Waals surface area contributed by atoms with Crippen molar-refractivity contribution in [1.29, 1.82) is 0 Å². The Kier molecular flexibility index (Phi) is 4.32. The molecule has 0 amide bonds. The third-order valence-corrected chi connectivity index (χ3v) is 5.67. The Hall–Kier alpha value is -1.17. The first-order chi connectivity index (χ1) is 9.34. The van der Waals surface area contributed by atoms with E-state index in [1.165, 1.54) is 12.1 Å². The van der Waals surface area contributed by atoms with E-state index in [0.717, 1.165) is 12.8 Å². The largest absolute Gasteiger partial charge is 0.381 e. The Morgan fingerprint density at radius 2 is 1.85 bits per heavy atom. The molecule has 0 aliphatic heterocycles. The number of halogens is 2. The zero-order valence-electron chi connectivity index (χ0n) is 11.5. The average molecular weight is 303 g/mol. The van der Waals surface area contributed by atoms with E-state index < -0.39 is 15.6 Å². The Labute approximate surface area is 118 Å². The Bertz CT molecular complexity index is 574. The molecule has 3 unspecified atom stereocenters. The van der Waals surface area contributed by atoms with Gasteiger partial charge in [-0.05, 0) is 36.8 Å². The van der Waals surface area contributed by atoms with Crippen LogP contribution in [0, 0.1) is 11.8 Å². The Morgan fingerprint density at radius 3 is 2.40 bits per heavy atom. The number of hydrogen-bond donors (Lipinski definition) is 1. The molecule has 112 valence electrons.